The fraction of sp³-hybridized carbons (Fsp3) is 1.00. The average molecular weight is 284 g/mol. The molecule has 118 valence electrons. The monoisotopic (exact) mass is 284 g/mol. The Morgan fingerprint density at radius 2 is 2.00 bits per heavy atom. The van der Waals surface area contributed by atoms with Crippen molar-refractivity contribution in [1.29, 1.82) is 0 Å². The van der Waals surface area contributed by atoms with Crippen LogP contribution in [0.2, 0.25) is 0 Å². The molecule has 1 N–H and O–H groups in total. The van der Waals surface area contributed by atoms with E-state index in [1.165, 1.54) is 25.7 Å². The summed E-state index contributed by atoms with van der Waals surface area (Å²) < 4.78 is 11.3. The summed E-state index contributed by atoms with van der Waals surface area (Å²) in [5, 5.41) is 3.71. The second-order valence-electron chi connectivity index (χ2n) is 6.58. The van der Waals surface area contributed by atoms with Crippen LogP contribution < -0.4 is 5.32 Å². The first kappa shape index (κ1) is 16.2. The molecular formula is C16H32N2O2. The molecule has 2 saturated heterocycles. The van der Waals surface area contributed by atoms with Gasteiger partial charge in [-0.1, -0.05) is 6.92 Å². The molecule has 0 spiro atoms. The lowest BCUT2D eigenvalue weighted by atomic mass is 9.87. The second-order valence-corrected chi connectivity index (χ2v) is 6.58. The highest BCUT2D eigenvalue weighted by atomic mass is 16.5. The first-order valence-corrected chi connectivity index (χ1v) is 8.32. The molecule has 2 unspecified atom stereocenters. The third kappa shape index (κ3) is 4.17. The average Bonchev–Trinajstić information content (AvgIpc) is 2.97. The normalized spacial score (nSPS) is 26.9. The van der Waals surface area contributed by atoms with Crippen molar-refractivity contribution in [1.82, 2.24) is 10.2 Å². The Morgan fingerprint density at radius 1 is 1.25 bits per heavy atom. The summed E-state index contributed by atoms with van der Waals surface area (Å²) in [5.74, 6) is 0. The largest absolute Gasteiger partial charge is 0.379 e. The lowest BCUT2D eigenvalue weighted by molar-refractivity contribution is -0.0261. The van der Waals surface area contributed by atoms with Gasteiger partial charge >= 0.3 is 0 Å². The molecule has 0 aromatic rings. The molecule has 2 atom stereocenters. The summed E-state index contributed by atoms with van der Waals surface area (Å²) >= 11 is 0. The SMILES string of the molecule is CCNC(CCC1CCCO1)C(C)(C)N1CCOCC1. The van der Waals surface area contributed by atoms with Crippen LogP contribution in [-0.2, 0) is 9.47 Å². The molecule has 4 heteroatoms. The summed E-state index contributed by atoms with van der Waals surface area (Å²) in [4.78, 5) is 2.58. The van der Waals surface area contributed by atoms with Crippen molar-refractivity contribution < 1.29 is 9.47 Å². The van der Waals surface area contributed by atoms with Crippen LogP contribution in [0.4, 0.5) is 0 Å². The van der Waals surface area contributed by atoms with E-state index in [0.717, 1.165) is 39.5 Å². The van der Waals surface area contributed by atoms with Crippen molar-refractivity contribution in [3.8, 4) is 0 Å². The maximum atomic E-state index is 5.78. The predicted molar refractivity (Wildman–Crippen MR) is 82.1 cm³/mol. The Morgan fingerprint density at radius 3 is 2.60 bits per heavy atom. The molecule has 0 bridgehead atoms. The van der Waals surface area contributed by atoms with Gasteiger partial charge in [-0.3, -0.25) is 4.90 Å². The Balaban J connectivity index is 1.90. The fourth-order valence-corrected chi connectivity index (χ4v) is 3.54. The van der Waals surface area contributed by atoms with Crippen molar-refractivity contribution in [2.24, 2.45) is 0 Å². The van der Waals surface area contributed by atoms with Gasteiger partial charge in [0.25, 0.3) is 0 Å². The number of morpholine rings is 1. The van der Waals surface area contributed by atoms with E-state index >= 15 is 0 Å². The quantitative estimate of drug-likeness (QED) is 0.776. The molecule has 2 rings (SSSR count). The number of hydrogen-bond acceptors (Lipinski definition) is 4. The number of nitrogens with zero attached hydrogens (tertiary/aromatic N) is 1. The van der Waals surface area contributed by atoms with Gasteiger partial charge in [0.1, 0.15) is 0 Å². The molecule has 0 radical (unpaired) electrons. The molecule has 0 aromatic heterocycles. The maximum absolute atomic E-state index is 5.78. The summed E-state index contributed by atoms with van der Waals surface area (Å²) in [6.45, 7) is 12.8. The molecular weight excluding hydrogens is 252 g/mol. The van der Waals surface area contributed by atoms with Gasteiger partial charge in [-0.05, 0) is 46.1 Å². The molecule has 20 heavy (non-hydrogen) atoms. The van der Waals surface area contributed by atoms with Crippen molar-refractivity contribution in [3.63, 3.8) is 0 Å². The van der Waals surface area contributed by atoms with Gasteiger partial charge in [0.05, 0.1) is 19.3 Å². The van der Waals surface area contributed by atoms with Gasteiger partial charge in [-0.2, -0.15) is 0 Å². The zero-order valence-corrected chi connectivity index (χ0v) is 13.5. The minimum Gasteiger partial charge on any atom is -0.379 e. The summed E-state index contributed by atoms with van der Waals surface area (Å²) in [6.07, 6.45) is 5.37. The predicted octanol–water partition coefficient (Wildman–Crippen LogP) is 2.03. The Hall–Kier alpha value is -0.160. The van der Waals surface area contributed by atoms with Gasteiger partial charge < -0.3 is 14.8 Å². The number of likely N-dealkylation sites (N-methyl/N-ethyl adjacent to an activating group) is 1. The highest BCUT2D eigenvalue weighted by molar-refractivity contribution is 4.94. The summed E-state index contributed by atoms with van der Waals surface area (Å²) in [7, 11) is 0. The smallest absolute Gasteiger partial charge is 0.0594 e. The van der Waals surface area contributed by atoms with Crippen LogP contribution in [0, 0.1) is 0 Å². The van der Waals surface area contributed by atoms with Gasteiger partial charge in [0.15, 0.2) is 0 Å². The van der Waals surface area contributed by atoms with Crippen LogP contribution in [0.25, 0.3) is 0 Å². The Bertz CT molecular complexity index is 272. The van der Waals surface area contributed by atoms with Crippen LogP contribution in [0.3, 0.4) is 0 Å². The standard InChI is InChI=1S/C16H32N2O2/c1-4-17-15(8-7-14-6-5-11-20-14)16(2,3)18-9-12-19-13-10-18/h14-15,17H,4-13H2,1-3H3. The van der Waals surface area contributed by atoms with E-state index in [2.05, 4.69) is 31.0 Å². The molecule has 2 aliphatic heterocycles. The van der Waals surface area contributed by atoms with E-state index in [1.54, 1.807) is 0 Å². The van der Waals surface area contributed by atoms with Crippen molar-refractivity contribution in [2.75, 3.05) is 39.5 Å². The van der Waals surface area contributed by atoms with Crippen molar-refractivity contribution >= 4 is 0 Å². The molecule has 2 aliphatic rings. The molecule has 0 aliphatic carbocycles. The second kappa shape index (κ2) is 7.74. The molecule has 0 amide bonds. The lowest BCUT2D eigenvalue weighted by Crippen LogP contribution is -2.60. The van der Waals surface area contributed by atoms with Crippen LogP contribution in [0.1, 0.15) is 46.5 Å². The van der Waals surface area contributed by atoms with E-state index in [0.29, 0.717) is 12.1 Å². The summed E-state index contributed by atoms with van der Waals surface area (Å²) in [6, 6.07) is 0.523. The maximum Gasteiger partial charge on any atom is 0.0594 e. The van der Waals surface area contributed by atoms with Crippen LogP contribution in [-0.4, -0.2) is 62.0 Å². The number of hydrogen-bond donors (Lipinski definition) is 1. The van der Waals surface area contributed by atoms with Gasteiger partial charge in [0, 0.05) is 31.3 Å². The van der Waals surface area contributed by atoms with E-state index < -0.39 is 0 Å². The molecule has 0 saturated carbocycles. The third-order valence-corrected chi connectivity index (χ3v) is 4.93. The molecule has 4 nitrogen and oxygen atoms in total. The third-order valence-electron chi connectivity index (χ3n) is 4.93. The van der Waals surface area contributed by atoms with Gasteiger partial charge in [0.2, 0.25) is 0 Å². The van der Waals surface area contributed by atoms with E-state index in [4.69, 9.17) is 9.47 Å². The highest BCUT2D eigenvalue weighted by Crippen LogP contribution is 2.26. The van der Waals surface area contributed by atoms with E-state index in [1.807, 2.05) is 0 Å². The highest BCUT2D eigenvalue weighted by Gasteiger charge is 2.36. The zero-order chi connectivity index (χ0) is 14.4. The van der Waals surface area contributed by atoms with Crippen molar-refractivity contribution in [2.45, 2.75) is 64.1 Å². The first-order chi connectivity index (χ1) is 9.64. The van der Waals surface area contributed by atoms with Crippen LogP contribution in [0.15, 0.2) is 0 Å². The first-order valence-electron chi connectivity index (χ1n) is 8.32. The minimum absolute atomic E-state index is 0.179. The zero-order valence-electron chi connectivity index (χ0n) is 13.5. The minimum atomic E-state index is 0.179. The van der Waals surface area contributed by atoms with E-state index in [9.17, 15) is 0 Å². The van der Waals surface area contributed by atoms with Crippen LogP contribution >= 0.6 is 0 Å². The topological polar surface area (TPSA) is 33.7 Å². The molecule has 2 fully saturated rings. The van der Waals surface area contributed by atoms with E-state index in [-0.39, 0.29) is 5.54 Å². The molecule has 0 aromatic carbocycles. The van der Waals surface area contributed by atoms with Crippen LogP contribution in [0.5, 0.6) is 0 Å². The fourth-order valence-electron chi connectivity index (χ4n) is 3.54. The van der Waals surface area contributed by atoms with Gasteiger partial charge in [-0.15, -0.1) is 0 Å². The summed E-state index contributed by atoms with van der Waals surface area (Å²) in [5.41, 5.74) is 0.179. The number of rotatable bonds is 7. The number of ether oxygens (including phenoxy) is 2. The Labute approximate surface area is 124 Å². The van der Waals surface area contributed by atoms with Crippen molar-refractivity contribution in [3.05, 3.63) is 0 Å². The molecule has 2 heterocycles. The lowest BCUT2D eigenvalue weighted by Gasteiger charge is -2.46. The van der Waals surface area contributed by atoms with Gasteiger partial charge in [-0.25, -0.2) is 0 Å². The number of nitrogens with one attached hydrogen (secondary N) is 1. The Kier molecular flexibility index (Phi) is 6.27.